The summed E-state index contributed by atoms with van der Waals surface area (Å²) in [6.45, 7) is 6.40. The van der Waals surface area contributed by atoms with E-state index in [9.17, 15) is 4.79 Å². The van der Waals surface area contributed by atoms with Gasteiger partial charge < -0.3 is 11.1 Å². The Labute approximate surface area is 121 Å². The van der Waals surface area contributed by atoms with Gasteiger partial charge in [0.2, 0.25) is 5.91 Å². The molecule has 1 aromatic carbocycles. The maximum atomic E-state index is 12.4. The van der Waals surface area contributed by atoms with Crippen molar-refractivity contribution >= 4 is 17.3 Å². The third kappa shape index (κ3) is 3.31. The number of carbonyl (C=O) groups is 1. The zero-order chi connectivity index (χ0) is 14.7. The molecule has 1 amide bonds. The van der Waals surface area contributed by atoms with E-state index in [0.29, 0.717) is 17.8 Å². The molecule has 0 bridgehead atoms. The molecule has 0 radical (unpaired) electrons. The van der Waals surface area contributed by atoms with Crippen molar-refractivity contribution in [1.82, 2.24) is 4.90 Å². The number of nitrogens with zero attached hydrogens (tertiary/aromatic N) is 1. The second-order valence-corrected chi connectivity index (χ2v) is 5.87. The summed E-state index contributed by atoms with van der Waals surface area (Å²) < 4.78 is 0. The van der Waals surface area contributed by atoms with Gasteiger partial charge in [0.25, 0.3) is 0 Å². The molecular weight excluding hydrogens is 250 g/mol. The van der Waals surface area contributed by atoms with E-state index >= 15 is 0 Å². The first kappa shape index (κ1) is 14.9. The first-order chi connectivity index (χ1) is 9.49. The minimum atomic E-state index is -0.123. The van der Waals surface area contributed by atoms with E-state index in [1.54, 1.807) is 6.07 Å². The fourth-order valence-corrected chi connectivity index (χ4v) is 3.20. The van der Waals surface area contributed by atoms with E-state index in [1.165, 1.54) is 19.3 Å². The lowest BCUT2D eigenvalue weighted by Crippen LogP contribution is -2.53. The Morgan fingerprint density at radius 2 is 2.00 bits per heavy atom. The van der Waals surface area contributed by atoms with Crippen molar-refractivity contribution < 1.29 is 4.79 Å². The summed E-state index contributed by atoms with van der Waals surface area (Å²) in [4.78, 5) is 14.7. The highest BCUT2D eigenvalue weighted by molar-refractivity contribution is 5.94. The molecule has 20 heavy (non-hydrogen) atoms. The first-order valence-corrected chi connectivity index (χ1v) is 7.43. The molecule has 1 fully saturated rings. The van der Waals surface area contributed by atoms with Gasteiger partial charge in [0.05, 0.1) is 6.04 Å². The highest BCUT2D eigenvalue weighted by Crippen LogP contribution is 2.25. The van der Waals surface area contributed by atoms with E-state index in [4.69, 9.17) is 5.73 Å². The highest BCUT2D eigenvalue weighted by atomic mass is 16.2. The number of rotatable bonds is 3. The fourth-order valence-electron chi connectivity index (χ4n) is 3.20. The molecule has 3 atom stereocenters. The highest BCUT2D eigenvalue weighted by Gasteiger charge is 2.32. The number of benzene rings is 1. The van der Waals surface area contributed by atoms with Gasteiger partial charge in [-0.1, -0.05) is 12.5 Å². The summed E-state index contributed by atoms with van der Waals surface area (Å²) in [5.41, 5.74) is 7.16. The van der Waals surface area contributed by atoms with Crippen LogP contribution in [0, 0.1) is 0 Å². The number of anilines is 2. The predicted molar refractivity (Wildman–Crippen MR) is 83.6 cm³/mol. The molecular formula is C16H25N3O. The number of hydrogen-bond donors (Lipinski definition) is 2. The van der Waals surface area contributed by atoms with Crippen LogP contribution in [0.25, 0.3) is 0 Å². The third-order valence-electron chi connectivity index (χ3n) is 4.24. The van der Waals surface area contributed by atoms with Crippen LogP contribution in [0.3, 0.4) is 0 Å². The Bertz CT molecular complexity index is 465. The molecule has 1 heterocycles. The molecule has 0 spiro atoms. The molecule has 3 unspecified atom stereocenters. The van der Waals surface area contributed by atoms with Crippen molar-refractivity contribution in [2.75, 3.05) is 11.1 Å². The van der Waals surface area contributed by atoms with Gasteiger partial charge in [0, 0.05) is 23.5 Å². The van der Waals surface area contributed by atoms with E-state index in [0.717, 1.165) is 5.69 Å². The molecule has 0 aliphatic carbocycles. The zero-order valence-corrected chi connectivity index (χ0v) is 12.6. The average Bonchev–Trinajstić information content (AvgIpc) is 2.38. The van der Waals surface area contributed by atoms with Gasteiger partial charge in [0.15, 0.2) is 0 Å². The van der Waals surface area contributed by atoms with Gasteiger partial charge in [-0.05, 0) is 51.8 Å². The first-order valence-electron chi connectivity index (χ1n) is 7.43. The maximum Gasteiger partial charge on any atom is 0.241 e. The number of amides is 1. The fraction of sp³-hybridized carbons (Fsp3) is 0.562. The Morgan fingerprint density at radius 1 is 1.35 bits per heavy atom. The molecule has 4 nitrogen and oxygen atoms in total. The summed E-state index contributed by atoms with van der Waals surface area (Å²) in [5, 5.41) is 2.96. The molecule has 4 heteroatoms. The van der Waals surface area contributed by atoms with E-state index in [-0.39, 0.29) is 11.9 Å². The van der Waals surface area contributed by atoms with Crippen LogP contribution in [0.5, 0.6) is 0 Å². The average molecular weight is 275 g/mol. The minimum absolute atomic E-state index is 0.0381. The number of nitrogens with one attached hydrogen (secondary N) is 1. The number of likely N-dealkylation sites (tertiary alicyclic amines) is 1. The summed E-state index contributed by atoms with van der Waals surface area (Å²) in [7, 11) is 0. The topological polar surface area (TPSA) is 58.4 Å². The van der Waals surface area contributed by atoms with Crippen molar-refractivity contribution in [1.29, 1.82) is 0 Å². The van der Waals surface area contributed by atoms with E-state index in [2.05, 4.69) is 24.1 Å². The van der Waals surface area contributed by atoms with Crippen LogP contribution in [0.1, 0.15) is 40.0 Å². The molecule has 1 aliphatic heterocycles. The maximum absolute atomic E-state index is 12.4. The van der Waals surface area contributed by atoms with Crippen LogP contribution in [0.4, 0.5) is 11.4 Å². The lowest BCUT2D eigenvalue weighted by atomic mass is 9.95. The molecule has 1 aliphatic rings. The Hall–Kier alpha value is -1.55. The van der Waals surface area contributed by atoms with Crippen molar-refractivity contribution in [2.45, 2.75) is 58.2 Å². The summed E-state index contributed by atoms with van der Waals surface area (Å²) in [6, 6.07) is 8.11. The lowest BCUT2D eigenvalue weighted by molar-refractivity contribution is -0.123. The summed E-state index contributed by atoms with van der Waals surface area (Å²) >= 11 is 0. The number of hydrogen-bond acceptors (Lipinski definition) is 3. The van der Waals surface area contributed by atoms with Crippen LogP contribution in [0.15, 0.2) is 24.3 Å². The summed E-state index contributed by atoms with van der Waals surface area (Å²) in [6.07, 6.45) is 3.59. The molecule has 2 rings (SSSR count). The second-order valence-electron chi connectivity index (χ2n) is 5.87. The largest absolute Gasteiger partial charge is 0.399 e. The van der Waals surface area contributed by atoms with E-state index < -0.39 is 0 Å². The molecule has 3 N–H and O–H groups in total. The zero-order valence-electron chi connectivity index (χ0n) is 12.6. The van der Waals surface area contributed by atoms with Crippen molar-refractivity contribution in [3.05, 3.63) is 24.3 Å². The molecule has 1 saturated heterocycles. The Balaban J connectivity index is 2.04. The van der Waals surface area contributed by atoms with Gasteiger partial charge in [-0.15, -0.1) is 0 Å². The smallest absolute Gasteiger partial charge is 0.241 e. The van der Waals surface area contributed by atoms with Gasteiger partial charge in [-0.3, -0.25) is 9.69 Å². The number of carbonyl (C=O) groups excluding carboxylic acids is 1. The number of piperidine rings is 1. The van der Waals surface area contributed by atoms with Crippen LogP contribution >= 0.6 is 0 Å². The number of nitrogens with two attached hydrogens (primary N) is 1. The minimum Gasteiger partial charge on any atom is -0.399 e. The predicted octanol–water partition coefficient (Wildman–Crippen LogP) is 2.86. The van der Waals surface area contributed by atoms with Crippen molar-refractivity contribution in [2.24, 2.45) is 0 Å². The monoisotopic (exact) mass is 275 g/mol. The molecule has 0 saturated carbocycles. The summed E-state index contributed by atoms with van der Waals surface area (Å²) in [5.74, 6) is 0.0381. The van der Waals surface area contributed by atoms with Gasteiger partial charge >= 0.3 is 0 Å². The van der Waals surface area contributed by atoms with Crippen LogP contribution in [-0.2, 0) is 4.79 Å². The van der Waals surface area contributed by atoms with Crippen molar-refractivity contribution in [3.8, 4) is 0 Å². The van der Waals surface area contributed by atoms with Crippen LogP contribution in [-0.4, -0.2) is 28.9 Å². The quantitative estimate of drug-likeness (QED) is 0.834. The van der Waals surface area contributed by atoms with Crippen LogP contribution in [0.2, 0.25) is 0 Å². The Kier molecular flexibility index (Phi) is 4.65. The van der Waals surface area contributed by atoms with Gasteiger partial charge in [-0.25, -0.2) is 0 Å². The van der Waals surface area contributed by atoms with Gasteiger partial charge in [-0.2, -0.15) is 0 Å². The molecule has 1 aromatic rings. The van der Waals surface area contributed by atoms with Gasteiger partial charge in [0.1, 0.15) is 0 Å². The van der Waals surface area contributed by atoms with E-state index in [1.807, 2.05) is 25.1 Å². The van der Waals surface area contributed by atoms with Crippen molar-refractivity contribution in [3.63, 3.8) is 0 Å². The second kappa shape index (κ2) is 6.27. The SMILES string of the molecule is CC1CCCC(C)N1C(C)C(=O)Nc1cccc(N)c1. The molecule has 0 aromatic heterocycles. The lowest BCUT2D eigenvalue weighted by Gasteiger charge is -2.42. The molecule has 110 valence electrons. The third-order valence-corrected chi connectivity index (χ3v) is 4.24. The van der Waals surface area contributed by atoms with Crippen LogP contribution < -0.4 is 11.1 Å². The Morgan fingerprint density at radius 3 is 2.60 bits per heavy atom. The standard InChI is InChI=1S/C16H25N3O/c1-11-6-4-7-12(2)19(11)13(3)16(20)18-15-9-5-8-14(17)10-15/h5,8-13H,4,6-7,17H2,1-3H3,(H,18,20). The number of nitrogen functional groups attached to an aromatic ring is 1. The normalized spacial score (nSPS) is 25.1.